The van der Waals surface area contributed by atoms with Crippen LogP contribution < -0.4 is 5.32 Å². The Labute approximate surface area is 114 Å². The van der Waals surface area contributed by atoms with E-state index in [1.807, 2.05) is 0 Å². The van der Waals surface area contributed by atoms with Crippen molar-refractivity contribution < 1.29 is 13.2 Å². The van der Waals surface area contributed by atoms with Crippen LogP contribution in [0, 0.1) is 0 Å². The van der Waals surface area contributed by atoms with E-state index >= 15 is 0 Å². The third-order valence-electron chi connectivity index (χ3n) is 3.83. The smallest absolute Gasteiger partial charge is 0.313 e. The van der Waals surface area contributed by atoms with E-state index in [0.717, 1.165) is 26.1 Å². The van der Waals surface area contributed by atoms with Crippen molar-refractivity contribution in [1.82, 2.24) is 15.1 Å². The molecule has 1 aliphatic heterocycles. The quantitative estimate of drug-likeness (QED) is 0.803. The van der Waals surface area contributed by atoms with Crippen molar-refractivity contribution >= 4 is 0 Å². The highest BCUT2D eigenvalue weighted by Crippen LogP contribution is 2.18. The van der Waals surface area contributed by atoms with Crippen LogP contribution >= 0.6 is 0 Å². The summed E-state index contributed by atoms with van der Waals surface area (Å²) >= 11 is 0. The Morgan fingerprint density at radius 1 is 1.11 bits per heavy atom. The largest absolute Gasteiger partial charge is 0.401 e. The van der Waals surface area contributed by atoms with E-state index in [2.05, 4.69) is 31.0 Å². The molecular formula is C13H26F3N3. The fourth-order valence-electron chi connectivity index (χ4n) is 2.44. The van der Waals surface area contributed by atoms with Gasteiger partial charge in [0.2, 0.25) is 0 Å². The molecule has 19 heavy (non-hydrogen) atoms. The summed E-state index contributed by atoms with van der Waals surface area (Å²) in [5, 5.41) is 3.44. The molecule has 0 spiro atoms. The highest BCUT2D eigenvalue weighted by molar-refractivity contribution is 4.82. The maximum atomic E-state index is 12.3. The molecule has 3 nitrogen and oxygen atoms in total. The molecule has 1 heterocycles. The molecule has 2 unspecified atom stereocenters. The molecule has 2 atom stereocenters. The van der Waals surface area contributed by atoms with Gasteiger partial charge in [-0.3, -0.25) is 9.80 Å². The van der Waals surface area contributed by atoms with Gasteiger partial charge in [0.15, 0.2) is 0 Å². The van der Waals surface area contributed by atoms with Crippen LogP contribution in [0.25, 0.3) is 0 Å². The Kier molecular flexibility index (Phi) is 6.56. The van der Waals surface area contributed by atoms with Crippen LogP contribution in [-0.4, -0.2) is 67.3 Å². The second-order valence-corrected chi connectivity index (χ2v) is 5.41. The van der Waals surface area contributed by atoms with E-state index in [9.17, 15) is 13.2 Å². The van der Waals surface area contributed by atoms with E-state index in [4.69, 9.17) is 0 Å². The molecule has 1 N–H and O–H groups in total. The van der Waals surface area contributed by atoms with Gasteiger partial charge in [-0.15, -0.1) is 0 Å². The number of hydrogen-bond donors (Lipinski definition) is 1. The Morgan fingerprint density at radius 3 is 2.16 bits per heavy atom. The van der Waals surface area contributed by atoms with Gasteiger partial charge in [-0.2, -0.15) is 13.2 Å². The molecule has 0 bridgehead atoms. The normalized spacial score (nSPS) is 22.4. The van der Waals surface area contributed by atoms with E-state index in [-0.39, 0.29) is 0 Å². The topological polar surface area (TPSA) is 18.5 Å². The van der Waals surface area contributed by atoms with Crippen molar-refractivity contribution in [1.29, 1.82) is 0 Å². The first-order valence-electron chi connectivity index (χ1n) is 7.10. The molecule has 6 heteroatoms. The van der Waals surface area contributed by atoms with Gasteiger partial charge in [0.25, 0.3) is 0 Å². The summed E-state index contributed by atoms with van der Waals surface area (Å²) < 4.78 is 36.9. The van der Waals surface area contributed by atoms with Crippen LogP contribution in [0.15, 0.2) is 0 Å². The lowest BCUT2D eigenvalue weighted by atomic mass is 10.1. The number of piperazine rings is 1. The molecule has 0 aliphatic carbocycles. The maximum Gasteiger partial charge on any atom is 0.401 e. The minimum atomic E-state index is -4.08. The summed E-state index contributed by atoms with van der Waals surface area (Å²) in [4.78, 5) is 3.77. The van der Waals surface area contributed by atoms with Crippen molar-refractivity contribution in [3.05, 3.63) is 0 Å². The van der Waals surface area contributed by atoms with Crippen LogP contribution in [0.3, 0.4) is 0 Å². The zero-order valence-corrected chi connectivity index (χ0v) is 12.1. The van der Waals surface area contributed by atoms with E-state index < -0.39 is 12.7 Å². The molecule has 1 saturated heterocycles. The Bertz CT molecular complexity index is 250. The van der Waals surface area contributed by atoms with Gasteiger partial charge in [-0.1, -0.05) is 6.92 Å². The lowest BCUT2D eigenvalue weighted by Gasteiger charge is -2.40. The molecular weight excluding hydrogens is 255 g/mol. The fraction of sp³-hybridized carbons (Fsp3) is 1.00. The average Bonchev–Trinajstić information content (AvgIpc) is 2.34. The van der Waals surface area contributed by atoms with Gasteiger partial charge in [-0.05, 0) is 26.8 Å². The highest BCUT2D eigenvalue weighted by atomic mass is 19.4. The van der Waals surface area contributed by atoms with E-state index in [0.29, 0.717) is 25.2 Å². The zero-order chi connectivity index (χ0) is 14.5. The van der Waals surface area contributed by atoms with Gasteiger partial charge < -0.3 is 5.32 Å². The summed E-state index contributed by atoms with van der Waals surface area (Å²) in [6.07, 6.45) is -2.99. The average molecular weight is 281 g/mol. The predicted molar refractivity (Wildman–Crippen MR) is 71.3 cm³/mol. The summed E-state index contributed by atoms with van der Waals surface area (Å²) in [6.45, 7) is 9.06. The van der Waals surface area contributed by atoms with Crippen molar-refractivity contribution in [2.75, 3.05) is 39.3 Å². The molecule has 0 aromatic heterocycles. The van der Waals surface area contributed by atoms with E-state index in [1.54, 1.807) is 0 Å². The third-order valence-corrected chi connectivity index (χ3v) is 3.83. The number of rotatable bonds is 6. The standard InChI is InChI=1S/C13H26F3N3/c1-4-5-17-11(2)12(3)19-8-6-18(7-9-19)10-13(14,15)16/h11-12,17H,4-10H2,1-3H3. The van der Waals surface area contributed by atoms with Gasteiger partial charge >= 0.3 is 6.18 Å². The monoisotopic (exact) mass is 281 g/mol. The van der Waals surface area contributed by atoms with Crippen LogP contribution in [0.1, 0.15) is 27.2 Å². The van der Waals surface area contributed by atoms with Crippen molar-refractivity contribution in [3.8, 4) is 0 Å². The summed E-state index contributed by atoms with van der Waals surface area (Å²) in [6, 6.07) is 0.730. The lowest BCUT2D eigenvalue weighted by Crippen LogP contribution is -2.55. The second-order valence-electron chi connectivity index (χ2n) is 5.41. The molecule has 1 fully saturated rings. The SMILES string of the molecule is CCCNC(C)C(C)N1CCN(CC(F)(F)F)CC1. The van der Waals surface area contributed by atoms with Crippen LogP contribution in [-0.2, 0) is 0 Å². The molecule has 0 amide bonds. The van der Waals surface area contributed by atoms with Crippen LogP contribution in [0.2, 0.25) is 0 Å². The van der Waals surface area contributed by atoms with E-state index in [1.165, 1.54) is 4.90 Å². The number of alkyl halides is 3. The Morgan fingerprint density at radius 2 is 1.68 bits per heavy atom. The number of nitrogens with one attached hydrogen (secondary N) is 1. The molecule has 114 valence electrons. The number of halogens is 3. The Balaban J connectivity index is 2.32. The van der Waals surface area contributed by atoms with Crippen LogP contribution in [0.4, 0.5) is 13.2 Å². The first-order chi connectivity index (χ1) is 8.83. The van der Waals surface area contributed by atoms with Crippen molar-refractivity contribution in [3.63, 3.8) is 0 Å². The number of nitrogens with zero attached hydrogens (tertiary/aromatic N) is 2. The van der Waals surface area contributed by atoms with Crippen LogP contribution in [0.5, 0.6) is 0 Å². The molecule has 1 rings (SSSR count). The summed E-state index contributed by atoms with van der Waals surface area (Å²) in [7, 11) is 0. The van der Waals surface area contributed by atoms with Crippen molar-refractivity contribution in [2.45, 2.75) is 45.5 Å². The molecule has 0 saturated carbocycles. The predicted octanol–water partition coefficient (Wildman–Crippen LogP) is 1.94. The number of hydrogen-bond acceptors (Lipinski definition) is 3. The maximum absolute atomic E-state index is 12.3. The van der Waals surface area contributed by atoms with Gasteiger partial charge in [0.1, 0.15) is 0 Å². The van der Waals surface area contributed by atoms with Gasteiger partial charge in [-0.25, -0.2) is 0 Å². The fourth-order valence-corrected chi connectivity index (χ4v) is 2.44. The Hall–Kier alpha value is -0.330. The summed E-state index contributed by atoms with van der Waals surface area (Å²) in [5.41, 5.74) is 0. The lowest BCUT2D eigenvalue weighted by molar-refractivity contribution is -0.149. The molecule has 0 aromatic rings. The van der Waals surface area contributed by atoms with Gasteiger partial charge in [0, 0.05) is 38.3 Å². The second kappa shape index (κ2) is 7.45. The summed E-state index contributed by atoms with van der Waals surface area (Å²) in [5.74, 6) is 0. The molecule has 1 aliphatic rings. The minimum absolute atomic E-state index is 0.361. The van der Waals surface area contributed by atoms with Gasteiger partial charge in [0.05, 0.1) is 6.54 Å². The molecule has 0 aromatic carbocycles. The molecule has 0 radical (unpaired) electrons. The first kappa shape index (κ1) is 16.7. The highest BCUT2D eigenvalue weighted by Gasteiger charge is 2.33. The minimum Gasteiger partial charge on any atom is -0.313 e. The first-order valence-corrected chi connectivity index (χ1v) is 7.10. The van der Waals surface area contributed by atoms with Crippen molar-refractivity contribution in [2.24, 2.45) is 0 Å². The zero-order valence-electron chi connectivity index (χ0n) is 12.1. The third kappa shape index (κ3) is 6.10.